The van der Waals surface area contributed by atoms with Crippen molar-refractivity contribution in [2.45, 2.75) is 38.8 Å². The van der Waals surface area contributed by atoms with E-state index in [2.05, 4.69) is 13.8 Å². The molecule has 0 bridgehead atoms. The Morgan fingerprint density at radius 3 is 2.72 bits per heavy atom. The van der Waals surface area contributed by atoms with E-state index in [1.807, 2.05) is 42.2 Å². The number of amides is 1. The molecule has 1 aliphatic heterocycles. The van der Waals surface area contributed by atoms with Crippen molar-refractivity contribution in [2.24, 2.45) is 0 Å². The van der Waals surface area contributed by atoms with Crippen LogP contribution in [-0.2, 0) is 16.0 Å². The van der Waals surface area contributed by atoms with Crippen LogP contribution < -0.4 is 0 Å². The van der Waals surface area contributed by atoms with Crippen LogP contribution in [0.2, 0.25) is 0 Å². The van der Waals surface area contributed by atoms with Gasteiger partial charge in [-0.3, -0.25) is 4.79 Å². The molecule has 18 heavy (non-hydrogen) atoms. The van der Waals surface area contributed by atoms with Crippen molar-refractivity contribution < 1.29 is 9.53 Å². The minimum absolute atomic E-state index is 0.123. The molecular formula is C15H21NO2. The highest BCUT2D eigenvalue weighted by Crippen LogP contribution is 2.23. The highest BCUT2D eigenvalue weighted by Gasteiger charge is 2.36. The molecule has 0 N–H and O–H groups in total. The fourth-order valence-corrected chi connectivity index (χ4v) is 2.29. The molecule has 1 heterocycles. The zero-order valence-corrected chi connectivity index (χ0v) is 11.3. The summed E-state index contributed by atoms with van der Waals surface area (Å²) in [7, 11) is 0. The van der Waals surface area contributed by atoms with Gasteiger partial charge in [0.1, 0.15) is 0 Å². The number of morpholine rings is 1. The highest BCUT2D eigenvalue weighted by molar-refractivity contribution is 5.79. The van der Waals surface area contributed by atoms with Gasteiger partial charge in [-0.25, -0.2) is 0 Å². The molecule has 1 saturated heterocycles. The summed E-state index contributed by atoms with van der Waals surface area (Å²) in [6.07, 6.45) is 0.592. The van der Waals surface area contributed by atoms with Gasteiger partial charge in [0.25, 0.3) is 0 Å². The second-order valence-corrected chi connectivity index (χ2v) is 5.60. The van der Waals surface area contributed by atoms with Crippen LogP contribution in [0.25, 0.3) is 0 Å². The summed E-state index contributed by atoms with van der Waals surface area (Å²) in [6, 6.07) is 9.89. The Balaban J connectivity index is 2.07. The average molecular weight is 247 g/mol. The molecule has 98 valence electrons. The van der Waals surface area contributed by atoms with Gasteiger partial charge in [-0.2, -0.15) is 0 Å². The molecule has 2 rings (SSSR count). The van der Waals surface area contributed by atoms with Crippen molar-refractivity contribution in [2.75, 3.05) is 13.2 Å². The zero-order valence-electron chi connectivity index (χ0n) is 11.3. The number of carbonyl (C=O) groups is 1. The van der Waals surface area contributed by atoms with Gasteiger partial charge in [0.2, 0.25) is 5.91 Å². The van der Waals surface area contributed by atoms with Crippen LogP contribution in [0.4, 0.5) is 0 Å². The van der Waals surface area contributed by atoms with E-state index in [4.69, 9.17) is 4.74 Å². The van der Waals surface area contributed by atoms with Crippen molar-refractivity contribution in [1.82, 2.24) is 4.90 Å². The summed E-state index contributed by atoms with van der Waals surface area (Å²) < 4.78 is 5.63. The lowest BCUT2D eigenvalue weighted by Crippen LogP contribution is -2.58. The predicted octanol–water partition coefficient (Wildman–Crippen LogP) is 2.25. The molecule has 1 aromatic rings. The first-order valence-corrected chi connectivity index (χ1v) is 6.45. The van der Waals surface area contributed by atoms with Crippen LogP contribution in [0, 0.1) is 0 Å². The molecule has 1 unspecified atom stereocenters. The van der Waals surface area contributed by atoms with E-state index >= 15 is 0 Å². The highest BCUT2D eigenvalue weighted by atomic mass is 16.5. The lowest BCUT2D eigenvalue weighted by molar-refractivity contribution is -0.152. The Bertz CT molecular complexity index is 414. The molecule has 0 spiro atoms. The fraction of sp³-hybridized carbons (Fsp3) is 0.533. The second-order valence-electron chi connectivity index (χ2n) is 5.60. The van der Waals surface area contributed by atoms with Gasteiger partial charge < -0.3 is 9.64 Å². The number of carbonyl (C=O) groups excluding carboxylic acids is 1. The third-order valence-electron chi connectivity index (χ3n) is 3.39. The monoisotopic (exact) mass is 247 g/mol. The first-order chi connectivity index (χ1) is 8.49. The third-order valence-corrected chi connectivity index (χ3v) is 3.39. The first kappa shape index (κ1) is 13.1. The van der Waals surface area contributed by atoms with Gasteiger partial charge in [0.15, 0.2) is 0 Å². The van der Waals surface area contributed by atoms with Crippen molar-refractivity contribution in [3.63, 3.8) is 0 Å². The topological polar surface area (TPSA) is 29.5 Å². The molecule has 1 atom stereocenters. The Morgan fingerprint density at radius 2 is 2.06 bits per heavy atom. The van der Waals surface area contributed by atoms with E-state index in [1.54, 1.807) is 0 Å². The number of ether oxygens (including phenoxy) is 1. The van der Waals surface area contributed by atoms with E-state index in [9.17, 15) is 4.79 Å². The lowest BCUT2D eigenvalue weighted by Gasteiger charge is -2.44. The van der Waals surface area contributed by atoms with E-state index in [0.717, 1.165) is 5.56 Å². The SMILES string of the molecule is CC1CN(C(=O)Cc2ccccc2)C(C)(C)CO1. The number of hydrogen-bond acceptors (Lipinski definition) is 2. The molecule has 1 amide bonds. The summed E-state index contributed by atoms with van der Waals surface area (Å²) in [6.45, 7) is 7.41. The van der Waals surface area contributed by atoms with Gasteiger partial charge >= 0.3 is 0 Å². The van der Waals surface area contributed by atoms with Crippen LogP contribution in [0.15, 0.2) is 30.3 Å². The molecule has 3 nitrogen and oxygen atoms in total. The van der Waals surface area contributed by atoms with E-state index < -0.39 is 0 Å². The molecule has 0 aliphatic carbocycles. The molecule has 0 radical (unpaired) electrons. The van der Waals surface area contributed by atoms with Gasteiger partial charge in [-0.15, -0.1) is 0 Å². The minimum Gasteiger partial charge on any atom is -0.374 e. The average Bonchev–Trinajstić information content (AvgIpc) is 2.33. The maximum atomic E-state index is 12.4. The Hall–Kier alpha value is -1.35. The van der Waals surface area contributed by atoms with Crippen LogP contribution in [-0.4, -0.2) is 35.6 Å². The summed E-state index contributed by atoms with van der Waals surface area (Å²) in [5.41, 5.74) is 0.857. The summed E-state index contributed by atoms with van der Waals surface area (Å²) >= 11 is 0. The molecule has 0 saturated carbocycles. The largest absolute Gasteiger partial charge is 0.374 e. The van der Waals surface area contributed by atoms with Crippen LogP contribution >= 0.6 is 0 Å². The van der Waals surface area contributed by atoms with Crippen LogP contribution in [0.1, 0.15) is 26.3 Å². The minimum atomic E-state index is -0.210. The van der Waals surface area contributed by atoms with E-state index in [1.165, 1.54) is 0 Å². The molecule has 1 aromatic carbocycles. The van der Waals surface area contributed by atoms with Gasteiger partial charge in [0, 0.05) is 6.54 Å². The normalized spacial score (nSPS) is 22.8. The zero-order chi connectivity index (χ0) is 13.2. The van der Waals surface area contributed by atoms with Crippen LogP contribution in [0.5, 0.6) is 0 Å². The number of nitrogens with zero attached hydrogens (tertiary/aromatic N) is 1. The maximum absolute atomic E-state index is 12.4. The summed E-state index contributed by atoms with van der Waals surface area (Å²) in [5.74, 6) is 0.182. The number of benzene rings is 1. The van der Waals surface area contributed by atoms with Crippen molar-refractivity contribution >= 4 is 5.91 Å². The second kappa shape index (κ2) is 5.11. The first-order valence-electron chi connectivity index (χ1n) is 6.45. The van der Waals surface area contributed by atoms with Gasteiger partial charge in [-0.05, 0) is 26.3 Å². The molecular weight excluding hydrogens is 226 g/mol. The van der Waals surface area contributed by atoms with Gasteiger partial charge in [-0.1, -0.05) is 30.3 Å². The molecule has 1 aliphatic rings. The van der Waals surface area contributed by atoms with Crippen molar-refractivity contribution in [3.05, 3.63) is 35.9 Å². The quantitative estimate of drug-likeness (QED) is 0.802. The molecule has 3 heteroatoms. The van der Waals surface area contributed by atoms with Gasteiger partial charge in [0.05, 0.1) is 24.7 Å². The Labute approximate surface area is 109 Å². The maximum Gasteiger partial charge on any atom is 0.227 e. The standard InChI is InChI=1S/C15H21NO2/c1-12-10-16(15(2,3)11-18-12)14(17)9-13-7-5-4-6-8-13/h4-8,12H,9-11H2,1-3H3. The molecule has 0 aromatic heterocycles. The Morgan fingerprint density at radius 1 is 1.39 bits per heavy atom. The van der Waals surface area contributed by atoms with Crippen LogP contribution in [0.3, 0.4) is 0 Å². The number of hydrogen-bond donors (Lipinski definition) is 0. The lowest BCUT2D eigenvalue weighted by atomic mass is 9.99. The van der Waals surface area contributed by atoms with E-state index in [-0.39, 0.29) is 17.6 Å². The Kier molecular flexibility index (Phi) is 3.71. The summed E-state index contributed by atoms with van der Waals surface area (Å²) in [4.78, 5) is 14.4. The predicted molar refractivity (Wildman–Crippen MR) is 71.4 cm³/mol. The molecule has 1 fully saturated rings. The third kappa shape index (κ3) is 2.91. The fourth-order valence-electron chi connectivity index (χ4n) is 2.29. The van der Waals surface area contributed by atoms with E-state index in [0.29, 0.717) is 19.6 Å². The van der Waals surface area contributed by atoms with Crippen molar-refractivity contribution in [3.8, 4) is 0 Å². The smallest absolute Gasteiger partial charge is 0.227 e. The summed E-state index contributed by atoms with van der Waals surface area (Å²) in [5, 5.41) is 0. The van der Waals surface area contributed by atoms with Crippen molar-refractivity contribution in [1.29, 1.82) is 0 Å². The number of rotatable bonds is 2.